The highest BCUT2D eigenvalue weighted by Gasteiger charge is 2.12. The molecule has 17 heavy (non-hydrogen) atoms. The fourth-order valence-electron chi connectivity index (χ4n) is 1.25. The molecule has 1 rings (SSSR count). The molecule has 0 aliphatic rings. The van der Waals surface area contributed by atoms with Gasteiger partial charge in [-0.2, -0.15) is 0 Å². The third-order valence-corrected chi connectivity index (χ3v) is 2.27. The van der Waals surface area contributed by atoms with Crippen molar-refractivity contribution in [1.29, 1.82) is 0 Å². The van der Waals surface area contributed by atoms with Crippen LogP contribution in [0.3, 0.4) is 0 Å². The van der Waals surface area contributed by atoms with E-state index in [0.29, 0.717) is 11.3 Å². The molecule has 0 unspecified atom stereocenters. The number of hydrogen-bond donors (Lipinski definition) is 1. The van der Waals surface area contributed by atoms with Gasteiger partial charge in [-0.15, -0.1) is 0 Å². The molecule has 5 heteroatoms. The lowest BCUT2D eigenvalue weighted by atomic mass is 10.1. The van der Waals surface area contributed by atoms with Crippen LogP contribution in [0.5, 0.6) is 5.75 Å². The predicted molar refractivity (Wildman–Crippen MR) is 61.2 cm³/mol. The van der Waals surface area contributed by atoms with Crippen molar-refractivity contribution in [2.75, 3.05) is 20.7 Å². The molecule has 0 bridgehead atoms. The molecule has 0 saturated carbocycles. The average molecular weight is 241 g/mol. The summed E-state index contributed by atoms with van der Waals surface area (Å²) < 4.78 is 18.3. The van der Waals surface area contributed by atoms with Crippen molar-refractivity contribution in [1.82, 2.24) is 4.90 Å². The van der Waals surface area contributed by atoms with E-state index in [4.69, 9.17) is 4.74 Å². The zero-order valence-corrected chi connectivity index (χ0v) is 10.1. The molecule has 0 spiro atoms. The number of likely N-dealkylation sites (N-methyl/N-ethyl adjacent to an activating group) is 1. The normalized spacial score (nSPS) is 12.1. The van der Waals surface area contributed by atoms with E-state index in [2.05, 4.69) is 0 Å². The van der Waals surface area contributed by atoms with Crippen molar-refractivity contribution in [3.05, 3.63) is 29.6 Å². The topological polar surface area (TPSA) is 49.8 Å². The molecule has 0 aliphatic heterocycles. The first-order valence-corrected chi connectivity index (χ1v) is 5.22. The lowest BCUT2D eigenvalue weighted by molar-refractivity contribution is -0.130. The van der Waals surface area contributed by atoms with Gasteiger partial charge in [-0.1, -0.05) is 0 Å². The van der Waals surface area contributed by atoms with Crippen LogP contribution < -0.4 is 4.74 Å². The highest BCUT2D eigenvalue weighted by atomic mass is 19.1. The second kappa shape index (κ2) is 5.63. The van der Waals surface area contributed by atoms with E-state index in [-0.39, 0.29) is 12.5 Å². The molecule has 1 N–H and O–H groups in total. The molecule has 1 atom stereocenters. The smallest absolute Gasteiger partial charge is 0.259 e. The molecule has 0 radical (unpaired) electrons. The van der Waals surface area contributed by atoms with Crippen LogP contribution in [0, 0.1) is 5.82 Å². The third kappa shape index (κ3) is 3.71. The fourth-order valence-corrected chi connectivity index (χ4v) is 1.25. The molecule has 1 aromatic rings. The first-order valence-electron chi connectivity index (χ1n) is 5.22. The van der Waals surface area contributed by atoms with Crippen molar-refractivity contribution in [2.24, 2.45) is 0 Å². The summed E-state index contributed by atoms with van der Waals surface area (Å²) in [4.78, 5) is 12.7. The van der Waals surface area contributed by atoms with E-state index >= 15 is 0 Å². The Balaban J connectivity index is 2.80. The molecule has 0 saturated heterocycles. The first-order chi connectivity index (χ1) is 7.91. The van der Waals surface area contributed by atoms with Crippen molar-refractivity contribution in [3.63, 3.8) is 0 Å². The molecule has 0 fully saturated rings. The Bertz CT molecular complexity index is 405. The summed E-state index contributed by atoms with van der Waals surface area (Å²) in [5.41, 5.74) is 0.330. The molecular weight excluding hydrogens is 225 g/mol. The number of nitrogens with zero attached hydrogens (tertiary/aromatic N) is 1. The van der Waals surface area contributed by atoms with Crippen molar-refractivity contribution in [3.8, 4) is 5.75 Å². The maximum atomic E-state index is 13.0. The van der Waals surface area contributed by atoms with Crippen LogP contribution in [0.2, 0.25) is 0 Å². The summed E-state index contributed by atoms with van der Waals surface area (Å²) in [6.07, 6.45) is -0.852. The fraction of sp³-hybridized carbons (Fsp3) is 0.417. The van der Waals surface area contributed by atoms with Crippen LogP contribution in [0.15, 0.2) is 18.2 Å². The van der Waals surface area contributed by atoms with Gasteiger partial charge in [0.05, 0.1) is 6.10 Å². The quantitative estimate of drug-likeness (QED) is 0.865. The van der Waals surface area contributed by atoms with Crippen LogP contribution >= 0.6 is 0 Å². The molecule has 4 nitrogen and oxygen atoms in total. The van der Waals surface area contributed by atoms with Crippen LogP contribution in [0.25, 0.3) is 0 Å². The van der Waals surface area contributed by atoms with Gasteiger partial charge in [0, 0.05) is 19.7 Å². The molecule has 0 heterocycles. The summed E-state index contributed by atoms with van der Waals surface area (Å²) in [6, 6.07) is 3.82. The first kappa shape index (κ1) is 13.4. The number of aliphatic hydroxyl groups is 1. The molecule has 1 amide bonds. The highest BCUT2D eigenvalue weighted by molar-refractivity contribution is 5.77. The van der Waals surface area contributed by atoms with E-state index in [1.54, 1.807) is 14.1 Å². The van der Waals surface area contributed by atoms with Gasteiger partial charge >= 0.3 is 0 Å². The summed E-state index contributed by atoms with van der Waals surface area (Å²) in [6.45, 7) is 1.37. The summed E-state index contributed by atoms with van der Waals surface area (Å²) in [5, 5.41) is 9.46. The number of ether oxygens (including phenoxy) is 1. The van der Waals surface area contributed by atoms with Crippen LogP contribution in [-0.4, -0.2) is 36.6 Å². The SMILES string of the molecule is C[C@@H](O)c1cc(F)ccc1OCC(=O)N(C)C. The Morgan fingerprint density at radius 3 is 2.71 bits per heavy atom. The minimum absolute atomic E-state index is 0.141. The number of benzene rings is 1. The second-order valence-corrected chi connectivity index (χ2v) is 3.93. The van der Waals surface area contributed by atoms with Crippen molar-refractivity contribution in [2.45, 2.75) is 13.0 Å². The lowest BCUT2D eigenvalue weighted by Gasteiger charge is -2.15. The lowest BCUT2D eigenvalue weighted by Crippen LogP contribution is -2.27. The third-order valence-electron chi connectivity index (χ3n) is 2.27. The van der Waals surface area contributed by atoms with Crippen molar-refractivity contribution >= 4 is 5.91 Å². The average Bonchev–Trinajstić information content (AvgIpc) is 2.26. The monoisotopic (exact) mass is 241 g/mol. The van der Waals surface area contributed by atoms with E-state index in [0.717, 1.165) is 0 Å². The molecule has 0 aliphatic carbocycles. The van der Waals surface area contributed by atoms with Gasteiger partial charge in [0.2, 0.25) is 0 Å². The van der Waals surface area contributed by atoms with E-state index in [1.807, 2.05) is 0 Å². The molecule has 0 aromatic heterocycles. The van der Waals surface area contributed by atoms with Crippen LogP contribution in [0.1, 0.15) is 18.6 Å². The number of amides is 1. The molecular formula is C12H16FNO3. The Hall–Kier alpha value is -1.62. The van der Waals surface area contributed by atoms with E-state index < -0.39 is 11.9 Å². The highest BCUT2D eigenvalue weighted by Crippen LogP contribution is 2.25. The van der Waals surface area contributed by atoms with Crippen molar-refractivity contribution < 1.29 is 19.0 Å². The van der Waals surface area contributed by atoms with E-state index in [1.165, 1.54) is 30.0 Å². The maximum Gasteiger partial charge on any atom is 0.259 e. The minimum atomic E-state index is -0.852. The largest absolute Gasteiger partial charge is 0.483 e. The number of halogens is 1. The van der Waals surface area contributed by atoms with Gasteiger partial charge in [-0.3, -0.25) is 4.79 Å². The maximum absolute atomic E-state index is 13.0. The van der Waals surface area contributed by atoms with Gasteiger partial charge < -0.3 is 14.7 Å². The Morgan fingerprint density at radius 1 is 1.53 bits per heavy atom. The van der Waals surface area contributed by atoms with Gasteiger partial charge in [0.1, 0.15) is 11.6 Å². The molecule has 94 valence electrons. The van der Waals surface area contributed by atoms with Gasteiger partial charge in [0.15, 0.2) is 6.61 Å². The number of carbonyl (C=O) groups is 1. The Labute approximate surface area is 99.6 Å². The molecule has 1 aromatic carbocycles. The Kier molecular flexibility index (Phi) is 4.45. The summed E-state index contributed by atoms with van der Waals surface area (Å²) in [5.74, 6) is -0.338. The van der Waals surface area contributed by atoms with Crippen LogP contribution in [-0.2, 0) is 4.79 Å². The zero-order chi connectivity index (χ0) is 13.0. The zero-order valence-electron chi connectivity index (χ0n) is 10.1. The minimum Gasteiger partial charge on any atom is -0.483 e. The predicted octanol–water partition coefficient (Wildman–Crippen LogP) is 1.35. The van der Waals surface area contributed by atoms with Gasteiger partial charge in [-0.05, 0) is 25.1 Å². The van der Waals surface area contributed by atoms with Gasteiger partial charge in [0.25, 0.3) is 5.91 Å². The van der Waals surface area contributed by atoms with Crippen LogP contribution in [0.4, 0.5) is 4.39 Å². The summed E-state index contributed by atoms with van der Waals surface area (Å²) in [7, 11) is 3.23. The number of aliphatic hydroxyl groups excluding tert-OH is 1. The number of carbonyl (C=O) groups excluding carboxylic acids is 1. The standard InChI is InChI=1S/C12H16FNO3/c1-8(15)10-6-9(13)4-5-11(10)17-7-12(16)14(2)3/h4-6,8,15H,7H2,1-3H3/t8-/m1/s1. The van der Waals surface area contributed by atoms with E-state index in [9.17, 15) is 14.3 Å². The second-order valence-electron chi connectivity index (χ2n) is 3.93. The number of hydrogen-bond acceptors (Lipinski definition) is 3. The Morgan fingerprint density at radius 2 is 2.18 bits per heavy atom. The number of rotatable bonds is 4. The van der Waals surface area contributed by atoms with Gasteiger partial charge in [-0.25, -0.2) is 4.39 Å². The summed E-state index contributed by atoms with van der Waals surface area (Å²) >= 11 is 0.